The number of fused-ring (bicyclic) bond motifs is 1. The Kier molecular flexibility index (Phi) is 4.05. The van der Waals surface area contributed by atoms with Crippen molar-refractivity contribution in [3.05, 3.63) is 54.5 Å². The van der Waals surface area contributed by atoms with Crippen LogP contribution in [0.3, 0.4) is 0 Å². The highest BCUT2D eigenvalue weighted by molar-refractivity contribution is 7.89. The number of rotatable bonds is 4. The van der Waals surface area contributed by atoms with Crippen LogP contribution in [0.1, 0.15) is 0 Å². The zero-order chi connectivity index (χ0) is 16.7. The summed E-state index contributed by atoms with van der Waals surface area (Å²) in [7, 11) is 0. The average molecular weight is 344 g/mol. The van der Waals surface area contributed by atoms with Crippen molar-refractivity contribution in [2.24, 2.45) is 5.92 Å². The predicted molar refractivity (Wildman–Crippen MR) is 92.2 cm³/mol. The van der Waals surface area contributed by atoms with E-state index >= 15 is 0 Å². The quantitative estimate of drug-likeness (QED) is 0.716. The van der Waals surface area contributed by atoms with E-state index in [4.69, 9.17) is 5.11 Å². The normalized spacial score (nSPS) is 17.1. The number of benzene rings is 2. The molecule has 3 aromatic rings. The molecule has 0 saturated carbocycles. The molecule has 6 heteroatoms. The maximum absolute atomic E-state index is 13.3. The molecule has 0 radical (unpaired) electrons. The molecule has 1 aliphatic heterocycles. The van der Waals surface area contributed by atoms with Gasteiger partial charge in [0, 0.05) is 35.2 Å². The van der Waals surface area contributed by atoms with Crippen molar-refractivity contribution in [1.29, 1.82) is 0 Å². The van der Waals surface area contributed by atoms with Gasteiger partial charge in [0.2, 0.25) is 0 Å². The van der Waals surface area contributed by atoms with Crippen LogP contribution in [0.15, 0.2) is 53.6 Å². The van der Waals surface area contributed by atoms with Gasteiger partial charge in [-0.3, -0.25) is 0 Å². The fourth-order valence-corrected chi connectivity index (χ4v) is 4.37. The van der Waals surface area contributed by atoms with E-state index in [1.807, 2.05) is 34.8 Å². The van der Waals surface area contributed by atoms with Gasteiger partial charge >= 0.3 is 0 Å². The Hall–Kier alpha value is -1.86. The highest BCUT2D eigenvalue weighted by Gasteiger charge is 2.36. The molecule has 1 saturated heterocycles. The summed E-state index contributed by atoms with van der Waals surface area (Å²) in [4.78, 5) is 3.83. The van der Waals surface area contributed by atoms with E-state index in [1.54, 1.807) is 6.07 Å². The van der Waals surface area contributed by atoms with E-state index in [-0.39, 0.29) is 18.3 Å². The molecule has 0 amide bonds. The molecule has 1 atom stereocenters. The number of aromatic nitrogens is 1. The molecule has 124 valence electrons. The Morgan fingerprint density at radius 2 is 1.96 bits per heavy atom. The van der Waals surface area contributed by atoms with Gasteiger partial charge < -0.3 is 14.6 Å². The highest BCUT2D eigenvalue weighted by atomic mass is 32.2. The molecule has 1 aromatic heterocycles. The summed E-state index contributed by atoms with van der Waals surface area (Å²) in [5.74, 6) is -0.0304. The molecule has 4 nitrogen and oxygen atoms in total. The van der Waals surface area contributed by atoms with Crippen molar-refractivity contribution in [1.82, 2.24) is 9.29 Å². The fraction of sp³-hybridized carbons (Fsp3) is 0.222. The third-order valence-electron chi connectivity index (χ3n) is 4.43. The zero-order valence-corrected chi connectivity index (χ0v) is 13.7. The first kappa shape index (κ1) is 15.7. The third-order valence-corrected chi connectivity index (χ3v) is 5.87. The molecule has 1 aliphatic rings. The number of aliphatic hydroxyl groups is 1. The van der Waals surface area contributed by atoms with Crippen molar-refractivity contribution >= 4 is 22.3 Å². The number of halogens is 1. The molecule has 0 spiro atoms. The Morgan fingerprint density at radius 1 is 1.21 bits per heavy atom. The Balaban J connectivity index is 1.57. The number of H-pyrrole nitrogens is 1. The van der Waals surface area contributed by atoms with E-state index in [0.717, 1.165) is 26.9 Å². The smallest absolute Gasteiger partial charge is 0.174 e. The van der Waals surface area contributed by atoms with Crippen LogP contribution in [0.25, 0.3) is 22.0 Å². The minimum absolute atomic E-state index is 0.147. The van der Waals surface area contributed by atoms with E-state index in [2.05, 4.69) is 4.98 Å². The lowest BCUT2D eigenvalue weighted by atomic mass is 10.1. The van der Waals surface area contributed by atoms with Gasteiger partial charge in [-0.25, -0.2) is 4.39 Å². The van der Waals surface area contributed by atoms with Gasteiger partial charge in [-0.15, -0.1) is 4.31 Å². The van der Waals surface area contributed by atoms with Crippen molar-refractivity contribution in [2.45, 2.75) is 4.90 Å². The molecular weight excluding hydrogens is 327 g/mol. The Labute approximate surface area is 142 Å². The summed E-state index contributed by atoms with van der Waals surface area (Å²) in [6.07, 6.45) is 1.86. The van der Waals surface area contributed by atoms with Crippen LogP contribution in [-0.4, -0.2) is 38.6 Å². The lowest BCUT2D eigenvalue weighted by Gasteiger charge is -2.36. The van der Waals surface area contributed by atoms with E-state index < -0.39 is 11.4 Å². The summed E-state index contributed by atoms with van der Waals surface area (Å²) in [6, 6.07) is 12.3. The monoisotopic (exact) mass is 344 g/mol. The molecule has 4 rings (SSSR count). The van der Waals surface area contributed by atoms with Crippen LogP contribution in [-0.2, 0) is 11.4 Å². The van der Waals surface area contributed by atoms with Crippen LogP contribution in [0.4, 0.5) is 4.39 Å². The average Bonchev–Trinajstić information content (AvgIpc) is 2.97. The number of aliphatic hydroxyl groups excluding tert-OH is 1. The van der Waals surface area contributed by atoms with E-state index in [9.17, 15) is 8.94 Å². The second-order valence-corrected chi connectivity index (χ2v) is 7.55. The summed E-state index contributed by atoms with van der Waals surface area (Å²) in [6.45, 7) is 1.48. The highest BCUT2D eigenvalue weighted by Crippen LogP contribution is 2.31. The van der Waals surface area contributed by atoms with Gasteiger partial charge in [-0.1, -0.05) is 0 Å². The molecule has 0 bridgehead atoms. The number of nitrogens with zero attached hydrogens (tertiary/aromatic N) is 1. The minimum atomic E-state index is -1.18. The first-order chi connectivity index (χ1) is 11.7. The maximum atomic E-state index is 13.3. The summed E-state index contributed by atoms with van der Waals surface area (Å²) < 4.78 is 27.6. The Bertz CT molecular complexity index is 859. The predicted octanol–water partition coefficient (Wildman–Crippen LogP) is 2.92. The Morgan fingerprint density at radius 3 is 2.67 bits per heavy atom. The van der Waals surface area contributed by atoms with Crippen LogP contribution in [0.2, 0.25) is 0 Å². The number of hydrogen-bond donors (Lipinski definition) is 2. The molecule has 0 aliphatic carbocycles. The lowest BCUT2D eigenvalue weighted by Crippen LogP contribution is -2.51. The molecule has 1 unspecified atom stereocenters. The van der Waals surface area contributed by atoms with Crippen molar-refractivity contribution in [3.63, 3.8) is 0 Å². The van der Waals surface area contributed by atoms with Gasteiger partial charge in [-0.05, 0) is 48.0 Å². The van der Waals surface area contributed by atoms with Crippen molar-refractivity contribution in [3.8, 4) is 11.1 Å². The number of aromatic amines is 1. The van der Waals surface area contributed by atoms with E-state index in [0.29, 0.717) is 13.1 Å². The molecule has 2 aromatic carbocycles. The number of nitrogens with one attached hydrogen (secondary N) is 1. The van der Waals surface area contributed by atoms with Gasteiger partial charge in [0.1, 0.15) is 5.82 Å². The van der Waals surface area contributed by atoms with E-state index in [1.165, 1.54) is 12.1 Å². The molecule has 1 fully saturated rings. The van der Waals surface area contributed by atoms with Gasteiger partial charge in [0.25, 0.3) is 0 Å². The first-order valence-electron chi connectivity index (χ1n) is 7.80. The second-order valence-electron chi connectivity index (χ2n) is 6.06. The SMILES string of the molecule is [O-][S+](c1ccc(-c2c[nH]c3cc(F)ccc23)cc1)N1CC(CO)C1. The lowest BCUT2D eigenvalue weighted by molar-refractivity contribution is 0.117. The van der Waals surface area contributed by atoms with Gasteiger partial charge in [-0.2, -0.15) is 0 Å². The summed E-state index contributed by atoms with van der Waals surface area (Å²) in [5, 5.41) is 10.0. The zero-order valence-electron chi connectivity index (χ0n) is 12.9. The van der Waals surface area contributed by atoms with Crippen LogP contribution < -0.4 is 0 Å². The minimum Gasteiger partial charge on any atom is -0.593 e. The van der Waals surface area contributed by atoms with Crippen LogP contribution >= 0.6 is 0 Å². The van der Waals surface area contributed by atoms with Crippen molar-refractivity contribution < 1.29 is 14.0 Å². The van der Waals surface area contributed by atoms with Crippen LogP contribution in [0.5, 0.6) is 0 Å². The van der Waals surface area contributed by atoms with Crippen LogP contribution in [0, 0.1) is 11.7 Å². The van der Waals surface area contributed by atoms with Crippen molar-refractivity contribution in [2.75, 3.05) is 19.7 Å². The second kappa shape index (κ2) is 6.22. The largest absolute Gasteiger partial charge is 0.593 e. The first-order valence-corrected chi connectivity index (χ1v) is 8.91. The molecule has 2 N–H and O–H groups in total. The summed E-state index contributed by atoms with van der Waals surface area (Å²) >= 11 is -1.18. The summed E-state index contributed by atoms with van der Waals surface area (Å²) in [5.41, 5.74) is 2.74. The van der Waals surface area contributed by atoms with Gasteiger partial charge in [0.15, 0.2) is 4.90 Å². The molecule has 2 heterocycles. The fourth-order valence-electron chi connectivity index (χ4n) is 3.01. The third kappa shape index (κ3) is 2.71. The standard InChI is InChI=1S/C18H17FN2O2S/c19-14-3-6-16-17(8-20-18(16)7-14)13-1-4-15(5-2-13)24(23)21-9-12(10-21)11-22/h1-8,12,20,22H,9-11H2. The maximum Gasteiger partial charge on any atom is 0.174 e. The number of hydrogen-bond acceptors (Lipinski definition) is 3. The topological polar surface area (TPSA) is 62.3 Å². The molecule has 24 heavy (non-hydrogen) atoms. The molecular formula is C18H17FN2O2S. The van der Waals surface area contributed by atoms with Gasteiger partial charge in [0.05, 0.1) is 24.5 Å².